The molecule has 0 aliphatic heterocycles. The van der Waals surface area contributed by atoms with Crippen LogP contribution in [0.4, 0.5) is 0 Å². The van der Waals surface area contributed by atoms with Crippen molar-refractivity contribution in [2.75, 3.05) is 6.61 Å². The molecule has 0 atom stereocenters. The van der Waals surface area contributed by atoms with Gasteiger partial charge in [-0.15, -0.1) is 0 Å². The average Bonchev–Trinajstić information content (AvgIpc) is 3.12. The third-order valence-electron chi connectivity index (χ3n) is 11.2. The molecule has 2 heteroatoms. The number of hydrogen-bond donors (Lipinski definition) is 0. The molecule has 0 saturated carbocycles. The molecule has 0 N–H and O–H groups in total. The molecule has 0 aliphatic carbocycles. The fourth-order valence-corrected chi connectivity index (χ4v) is 7.67. The number of esters is 1. The minimum Gasteiger partial charge on any atom is -0.466 e. The van der Waals surface area contributed by atoms with E-state index in [1.54, 1.807) is 0 Å². The third-order valence-corrected chi connectivity index (χ3v) is 11.2. The van der Waals surface area contributed by atoms with Crippen LogP contribution in [-0.2, 0) is 9.53 Å². The van der Waals surface area contributed by atoms with Gasteiger partial charge in [-0.05, 0) is 12.8 Å². The van der Waals surface area contributed by atoms with Gasteiger partial charge in [-0.25, -0.2) is 0 Å². The standard InChI is InChI=1S/C48H96O2/c1-3-5-7-9-11-13-15-17-19-21-23-24-25-26-27-28-30-32-34-36-38-40-42-44-46-48(49)50-47-45-43-41-39-37-35-33-31-29-22-20-18-16-14-12-10-8-6-4-2/h3-47H2,1-2H3. The maximum absolute atomic E-state index is 12.0. The van der Waals surface area contributed by atoms with Crippen molar-refractivity contribution < 1.29 is 9.53 Å². The van der Waals surface area contributed by atoms with Crippen LogP contribution in [0, 0.1) is 0 Å². The van der Waals surface area contributed by atoms with Gasteiger partial charge in [0.2, 0.25) is 0 Å². The molecule has 0 aromatic rings. The average molecular weight is 705 g/mol. The molecule has 0 aromatic heterocycles. The Kier molecular flexibility index (Phi) is 46.0. The summed E-state index contributed by atoms with van der Waals surface area (Å²) in [6.45, 7) is 5.24. The van der Waals surface area contributed by atoms with Gasteiger partial charge in [0, 0.05) is 6.42 Å². The van der Waals surface area contributed by atoms with Gasteiger partial charge in [0.15, 0.2) is 0 Å². The summed E-state index contributed by atoms with van der Waals surface area (Å²) < 4.78 is 5.49. The fraction of sp³-hybridized carbons (Fsp3) is 0.979. The van der Waals surface area contributed by atoms with E-state index in [1.807, 2.05) is 0 Å². The van der Waals surface area contributed by atoms with E-state index >= 15 is 0 Å². The summed E-state index contributed by atoms with van der Waals surface area (Å²) >= 11 is 0. The minimum atomic E-state index is 0.0335. The molecule has 300 valence electrons. The highest BCUT2D eigenvalue weighted by Crippen LogP contribution is 2.17. The summed E-state index contributed by atoms with van der Waals surface area (Å²) in [6.07, 6.45) is 60.9. The summed E-state index contributed by atoms with van der Waals surface area (Å²) in [5.41, 5.74) is 0. The second kappa shape index (κ2) is 46.5. The lowest BCUT2D eigenvalue weighted by Gasteiger charge is -2.06. The monoisotopic (exact) mass is 705 g/mol. The molecular formula is C48H96O2. The van der Waals surface area contributed by atoms with E-state index in [0.29, 0.717) is 13.0 Å². The van der Waals surface area contributed by atoms with Gasteiger partial charge in [0.1, 0.15) is 0 Å². The van der Waals surface area contributed by atoms with Crippen molar-refractivity contribution in [3.05, 3.63) is 0 Å². The van der Waals surface area contributed by atoms with Crippen LogP contribution in [0.25, 0.3) is 0 Å². The molecule has 0 amide bonds. The largest absolute Gasteiger partial charge is 0.466 e. The lowest BCUT2D eigenvalue weighted by molar-refractivity contribution is -0.143. The zero-order valence-corrected chi connectivity index (χ0v) is 35.1. The normalized spacial score (nSPS) is 11.5. The van der Waals surface area contributed by atoms with Crippen molar-refractivity contribution in [3.63, 3.8) is 0 Å². The number of rotatable bonds is 45. The predicted molar refractivity (Wildman–Crippen MR) is 225 cm³/mol. The zero-order valence-electron chi connectivity index (χ0n) is 35.1. The first-order chi connectivity index (χ1) is 24.8. The molecule has 0 aliphatic rings. The van der Waals surface area contributed by atoms with Gasteiger partial charge in [-0.2, -0.15) is 0 Å². The van der Waals surface area contributed by atoms with Crippen LogP contribution in [-0.4, -0.2) is 12.6 Å². The number of carbonyl (C=O) groups excluding carboxylic acids is 1. The van der Waals surface area contributed by atoms with Gasteiger partial charge in [0.05, 0.1) is 6.61 Å². The molecule has 0 bridgehead atoms. The number of carbonyl (C=O) groups is 1. The van der Waals surface area contributed by atoms with Gasteiger partial charge in [-0.1, -0.05) is 277 Å². The van der Waals surface area contributed by atoms with E-state index in [-0.39, 0.29) is 5.97 Å². The second-order valence-electron chi connectivity index (χ2n) is 16.5. The topological polar surface area (TPSA) is 26.3 Å². The van der Waals surface area contributed by atoms with Crippen molar-refractivity contribution >= 4 is 5.97 Å². The highest BCUT2D eigenvalue weighted by molar-refractivity contribution is 5.69. The van der Waals surface area contributed by atoms with Gasteiger partial charge >= 0.3 is 5.97 Å². The van der Waals surface area contributed by atoms with Crippen LogP contribution in [0.5, 0.6) is 0 Å². The van der Waals surface area contributed by atoms with Crippen molar-refractivity contribution in [1.29, 1.82) is 0 Å². The molecule has 0 spiro atoms. The molecule has 0 radical (unpaired) electrons. The van der Waals surface area contributed by atoms with Gasteiger partial charge < -0.3 is 4.74 Å². The highest BCUT2D eigenvalue weighted by atomic mass is 16.5. The molecule has 0 aromatic carbocycles. The van der Waals surface area contributed by atoms with Crippen LogP contribution in [0.2, 0.25) is 0 Å². The first-order valence-electron chi connectivity index (χ1n) is 24.0. The summed E-state index contributed by atoms with van der Waals surface area (Å²) in [7, 11) is 0. The van der Waals surface area contributed by atoms with E-state index in [1.165, 1.54) is 263 Å². The Balaban J connectivity index is 3.14. The minimum absolute atomic E-state index is 0.0335. The Hall–Kier alpha value is -0.530. The molecular weight excluding hydrogens is 609 g/mol. The summed E-state index contributed by atoms with van der Waals surface area (Å²) in [5.74, 6) is 0.0335. The summed E-state index contributed by atoms with van der Waals surface area (Å²) in [4.78, 5) is 12.0. The molecule has 0 fully saturated rings. The third kappa shape index (κ3) is 45.5. The SMILES string of the molecule is CCCCCCCCCCCCCCCCCCCCCCCCCCC(=O)OCCCCCCCCCCCCCCCCCCCCC. The predicted octanol–water partition coefficient (Wildman–Crippen LogP) is 17.7. The first kappa shape index (κ1) is 49.5. The molecule has 2 nitrogen and oxygen atoms in total. The molecule has 50 heavy (non-hydrogen) atoms. The molecule has 0 saturated heterocycles. The van der Waals surface area contributed by atoms with E-state index in [4.69, 9.17) is 4.74 Å². The van der Waals surface area contributed by atoms with Crippen LogP contribution >= 0.6 is 0 Å². The second-order valence-corrected chi connectivity index (χ2v) is 16.5. The Bertz CT molecular complexity index is 601. The smallest absolute Gasteiger partial charge is 0.305 e. The van der Waals surface area contributed by atoms with E-state index in [9.17, 15) is 4.79 Å². The quantitative estimate of drug-likeness (QED) is 0.0466. The van der Waals surface area contributed by atoms with E-state index < -0.39 is 0 Å². The Morgan fingerprint density at radius 3 is 0.660 bits per heavy atom. The maximum atomic E-state index is 12.0. The zero-order chi connectivity index (χ0) is 36.1. The molecule has 0 rings (SSSR count). The summed E-state index contributed by atoms with van der Waals surface area (Å²) in [5, 5.41) is 0. The Morgan fingerprint density at radius 2 is 0.440 bits per heavy atom. The Labute approximate surface area is 317 Å². The lowest BCUT2D eigenvalue weighted by atomic mass is 10.0. The lowest BCUT2D eigenvalue weighted by Crippen LogP contribution is -2.05. The molecule has 0 unspecified atom stereocenters. The van der Waals surface area contributed by atoms with Crippen LogP contribution < -0.4 is 0 Å². The van der Waals surface area contributed by atoms with E-state index in [2.05, 4.69) is 13.8 Å². The van der Waals surface area contributed by atoms with Crippen LogP contribution in [0.15, 0.2) is 0 Å². The maximum Gasteiger partial charge on any atom is 0.305 e. The van der Waals surface area contributed by atoms with Crippen LogP contribution in [0.3, 0.4) is 0 Å². The first-order valence-corrected chi connectivity index (χ1v) is 24.0. The van der Waals surface area contributed by atoms with Gasteiger partial charge in [-0.3, -0.25) is 4.79 Å². The summed E-state index contributed by atoms with van der Waals surface area (Å²) in [6, 6.07) is 0. The van der Waals surface area contributed by atoms with Gasteiger partial charge in [0.25, 0.3) is 0 Å². The molecule has 0 heterocycles. The highest BCUT2D eigenvalue weighted by Gasteiger charge is 2.03. The van der Waals surface area contributed by atoms with Crippen molar-refractivity contribution in [3.8, 4) is 0 Å². The number of unbranched alkanes of at least 4 members (excludes halogenated alkanes) is 41. The van der Waals surface area contributed by atoms with Crippen molar-refractivity contribution in [2.24, 2.45) is 0 Å². The van der Waals surface area contributed by atoms with Crippen molar-refractivity contribution in [2.45, 2.75) is 296 Å². The fourth-order valence-electron chi connectivity index (χ4n) is 7.67. The number of hydrogen-bond acceptors (Lipinski definition) is 2. The number of ether oxygens (including phenoxy) is 1. The Morgan fingerprint density at radius 1 is 0.260 bits per heavy atom. The van der Waals surface area contributed by atoms with E-state index in [0.717, 1.165) is 12.8 Å². The van der Waals surface area contributed by atoms with Crippen molar-refractivity contribution in [1.82, 2.24) is 0 Å². The van der Waals surface area contributed by atoms with Crippen LogP contribution in [0.1, 0.15) is 296 Å².